The molecule has 0 aromatic heterocycles. The van der Waals surface area contributed by atoms with E-state index in [9.17, 15) is 19.8 Å². The second-order valence-corrected chi connectivity index (χ2v) is 12.7. The molecular formula is C33H42O9. The average Bonchev–Trinajstić information content (AvgIpc) is 3.37. The van der Waals surface area contributed by atoms with Crippen molar-refractivity contribution in [3.05, 3.63) is 71.8 Å². The molecule has 1 saturated carbocycles. The van der Waals surface area contributed by atoms with Crippen molar-refractivity contribution < 1.29 is 43.5 Å². The number of carbonyl (C=O) groups excluding carboxylic acids is 2. The number of aliphatic hydroxyl groups is 2. The molecule has 2 aliphatic heterocycles. The largest absolute Gasteiger partial charge is 0.457 e. The zero-order valence-corrected chi connectivity index (χ0v) is 25.1. The number of rotatable bonds is 6. The summed E-state index contributed by atoms with van der Waals surface area (Å²) in [5.74, 6) is -1.52. The molecule has 1 aromatic carbocycles. The predicted molar refractivity (Wildman–Crippen MR) is 153 cm³/mol. The van der Waals surface area contributed by atoms with Gasteiger partial charge in [0.05, 0.1) is 18.3 Å². The molecule has 2 bridgehead atoms. The number of aliphatic hydroxyl groups excluding tert-OH is 1. The molecule has 9 nitrogen and oxygen atoms in total. The highest BCUT2D eigenvalue weighted by molar-refractivity contribution is 5.89. The summed E-state index contributed by atoms with van der Waals surface area (Å²) < 4.78 is 30.3. The third-order valence-corrected chi connectivity index (χ3v) is 10.0. The first-order chi connectivity index (χ1) is 19.7. The molecule has 4 aliphatic rings. The molecule has 42 heavy (non-hydrogen) atoms. The summed E-state index contributed by atoms with van der Waals surface area (Å²) in [5.41, 5.74) is -1.79. The number of hydrogen-bond acceptors (Lipinski definition) is 9. The smallest absolute Gasteiger partial charge is 0.338 e. The van der Waals surface area contributed by atoms with Gasteiger partial charge in [0.1, 0.15) is 30.0 Å². The van der Waals surface area contributed by atoms with Gasteiger partial charge >= 0.3 is 11.9 Å². The van der Waals surface area contributed by atoms with Gasteiger partial charge < -0.3 is 33.9 Å². The second kappa shape index (κ2) is 11.0. The summed E-state index contributed by atoms with van der Waals surface area (Å²) in [7, 11) is 0. The second-order valence-electron chi connectivity index (χ2n) is 12.7. The molecule has 10 atom stereocenters. The van der Waals surface area contributed by atoms with Crippen molar-refractivity contribution in [3.63, 3.8) is 0 Å². The van der Waals surface area contributed by atoms with Crippen LogP contribution in [0.15, 0.2) is 66.3 Å². The molecular weight excluding hydrogens is 540 g/mol. The lowest BCUT2D eigenvalue weighted by molar-refractivity contribution is -0.204. The standard InChI is InChI=1S/C33H42O9/c1-8-25-40-27-26-18(2)22(35)16-33(37,31(26,5)6)28(42-30(36)21-12-10-9-11-13-21)19(3)32(7,29(27)41-25)15-14-23-24(17-38-23)39-20(4)34/h8-15,19,22-25,27-29,35,37H,1,16-17H2,2-7H3/b15-14-/t19-,22-,23+,24-,25+,27+,28-,29+,32?,33+/m0/s1. The van der Waals surface area contributed by atoms with E-state index in [-0.39, 0.29) is 12.4 Å². The third-order valence-electron chi connectivity index (χ3n) is 10.0. The lowest BCUT2D eigenvalue weighted by atomic mass is 9.51. The Morgan fingerprint density at radius 2 is 1.81 bits per heavy atom. The minimum atomic E-state index is -1.67. The Labute approximate surface area is 247 Å². The molecule has 2 heterocycles. The Hall–Kier alpha value is -2.82. The van der Waals surface area contributed by atoms with Gasteiger partial charge in [0.15, 0.2) is 12.4 Å². The normalized spacial score (nSPS) is 40.9. The zero-order chi connectivity index (χ0) is 30.6. The third kappa shape index (κ3) is 4.85. The number of carbonyl (C=O) groups is 2. The van der Waals surface area contributed by atoms with Crippen LogP contribution in [0, 0.1) is 16.7 Å². The van der Waals surface area contributed by atoms with Crippen molar-refractivity contribution in [2.45, 2.75) is 96.5 Å². The first-order valence-corrected chi connectivity index (χ1v) is 14.5. The first kappa shape index (κ1) is 30.6. The fraction of sp³-hybridized carbons (Fsp3) is 0.576. The number of esters is 2. The van der Waals surface area contributed by atoms with Crippen LogP contribution in [0.25, 0.3) is 0 Å². The monoisotopic (exact) mass is 582 g/mol. The molecule has 0 spiro atoms. The van der Waals surface area contributed by atoms with E-state index in [0.29, 0.717) is 23.3 Å². The van der Waals surface area contributed by atoms with Crippen molar-refractivity contribution in [1.82, 2.24) is 0 Å². The fourth-order valence-electron chi connectivity index (χ4n) is 7.21. The summed E-state index contributed by atoms with van der Waals surface area (Å²) in [6.07, 6.45) is 0.405. The maximum absolute atomic E-state index is 13.6. The highest BCUT2D eigenvalue weighted by Gasteiger charge is 2.67. The maximum atomic E-state index is 13.6. The highest BCUT2D eigenvalue weighted by atomic mass is 16.7. The van der Waals surface area contributed by atoms with Crippen LogP contribution >= 0.6 is 0 Å². The quantitative estimate of drug-likeness (QED) is 0.380. The van der Waals surface area contributed by atoms with Crippen LogP contribution in [0.2, 0.25) is 0 Å². The van der Waals surface area contributed by atoms with E-state index in [0.717, 1.165) is 0 Å². The van der Waals surface area contributed by atoms with E-state index in [1.165, 1.54) is 6.92 Å². The van der Waals surface area contributed by atoms with Crippen LogP contribution in [0.5, 0.6) is 0 Å². The molecule has 0 amide bonds. The van der Waals surface area contributed by atoms with Gasteiger partial charge in [0.2, 0.25) is 0 Å². The summed E-state index contributed by atoms with van der Waals surface area (Å²) in [4.78, 5) is 25.2. The highest BCUT2D eigenvalue weighted by Crippen LogP contribution is 2.60. The molecule has 2 saturated heterocycles. The summed E-state index contributed by atoms with van der Waals surface area (Å²) in [5, 5.41) is 24.0. The molecule has 0 radical (unpaired) electrons. The molecule has 228 valence electrons. The van der Waals surface area contributed by atoms with E-state index in [2.05, 4.69) is 6.58 Å². The maximum Gasteiger partial charge on any atom is 0.338 e. The lowest BCUT2D eigenvalue weighted by Gasteiger charge is -2.59. The molecule has 3 fully saturated rings. The van der Waals surface area contributed by atoms with Gasteiger partial charge in [-0.2, -0.15) is 0 Å². The Morgan fingerprint density at radius 3 is 2.40 bits per heavy atom. The van der Waals surface area contributed by atoms with E-state index >= 15 is 0 Å². The van der Waals surface area contributed by atoms with Gasteiger partial charge in [-0.05, 0) is 36.3 Å². The minimum Gasteiger partial charge on any atom is -0.457 e. The number of benzene rings is 1. The fourth-order valence-corrected chi connectivity index (χ4v) is 7.21. The molecule has 2 aliphatic carbocycles. The SMILES string of the molecule is C=C[C@@H]1O[C@@H]2C3=C(C)[C@@H](O)C[C@@](O)([C@@H](OC(=O)c4ccccc4)[C@H](C)C(C)(/C=C\[C@H]4OC[C@@H]4OC(C)=O)[C@@H]2O1)C3(C)C. The van der Waals surface area contributed by atoms with Crippen LogP contribution in [-0.2, 0) is 28.5 Å². The van der Waals surface area contributed by atoms with Crippen LogP contribution in [0.3, 0.4) is 0 Å². The van der Waals surface area contributed by atoms with Crippen LogP contribution in [0.1, 0.15) is 58.3 Å². The summed E-state index contributed by atoms with van der Waals surface area (Å²) in [6, 6.07) is 8.64. The van der Waals surface area contributed by atoms with Gasteiger partial charge in [-0.15, -0.1) is 0 Å². The van der Waals surface area contributed by atoms with Gasteiger partial charge in [-0.1, -0.05) is 64.6 Å². The predicted octanol–water partition coefficient (Wildman–Crippen LogP) is 3.89. The molecule has 9 heteroatoms. The lowest BCUT2D eigenvalue weighted by Crippen LogP contribution is -2.68. The summed E-state index contributed by atoms with van der Waals surface area (Å²) in [6.45, 7) is 15.1. The van der Waals surface area contributed by atoms with Crippen molar-refractivity contribution in [2.75, 3.05) is 6.61 Å². The van der Waals surface area contributed by atoms with Gasteiger partial charge in [-0.25, -0.2) is 4.79 Å². The van der Waals surface area contributed by atoms with Crippen molar-refractivity contribution in [1.29, 1.82) is 0 Å². The Balaban J connectivity index is 1.66. The summed E-state index contributed by atoms with van der Waals surface area (Å²) >= 11 is 0. The van der Waals surface area contributed by atoms with E-state index in [1.807, 2.05) is 52.8 Å². The first-order valence-electron chi connectivity index (χ1n) is 14.5. The number of ether oxygens (including phenoxy) is 5. The number of fused-ring (bicyclic) bond motifs is 4. The van der Waals surface area contributed by atoms with E-state index in [1.54, 1.807) is 30.3 Å². The van der Waals surface area contributed by atoms with Crippen molar-refractivity contribution in [3.8, 4) is 0 Å². The van der Waals surface area contributed by atoms with E-state index < -0.39 is 71.2 Å². The molecule has 1 aromatic rings. The molecule has 1 unspecified atom stereocenters. The van der Waals surface area contributed by atoms with Crippen LogP contribution in [0.4, 0.5) is 0 Å². The zero-order valence-electron chi connectivity index (χ0n) is 25.1. The Kier molecular flexibility index (Phi) is 8.04. The molecule has 2 N–H and O–H groups in total. The van der Waals surface area contributed by atoms with Crippen LogP contribution in [-0.4, -0.2) is 77.3 Å². The topological polar surface area (TPSA) is 121 Å². The van der Waals surface area contributed by atoms with Crippen LogP contribution < -0.4 is 0 Å². The van der Waals surface area contributed by atoms with Crippen molar-refractivity contribution >= 4 is 11.9 Å². The number of hydrogen-bond donors (Lipinski definition) is 2. The van der Waals surface area contributed by atoms with Gasteiger partial charge in [0.25, 0.3) is 0 Å². The average molecular weight is 583 g/mol. The van der Waals surface area contributed by atoms with Gasteiger partial charge in [0, 0.05) is 30.1 Å². The van der Waals surface area contributed by atoms with E-state index in [4.69, 9.17) is 23.7 Å². The molecule has 5 rings (SSSR count). The minimum absolute atomic E-state index is 0.0321. The van der Waals surface area contributed by atoms with Gasteiger partial charge in [-0.3, -0.25) is 4.79 Å². The Bertz CT molecular complexity index is 1290. The van der Waals surface area contributed by atoms with Crippen molar-refractivity contribution in [2.24, 2.45) is 16.7 Å². The Morgan fingerprint density at radius 1 is 1.12 bits per heavy atom.